The molecule has 2 N–H and O–H groups in total. The van der Waals surface area contributed by atoms with E-state index in [1.165, 1.54) is 0 Å². The van der Waals surface area contributed by atoms with Gasteiger partial charge in [0.1, 0.15) is 0 Å². The molecular weight excluding hydrogens is 206 g/mol. The predicted octanol–water partition coefficient (Wildman–Crippen LogP) is 0.267. The van der Waals surface area contributed by atoms with E-state index in [1.54, 1.807) is 0 Å². The number of rotatable bonds is 5. The number of aryl methyl sites for hydroxylation is 1. The zero-order valence-electron chi connectivity index (χ0n) is 9.38. The molecule has 0 saturated carbocycles. The van der Waals surface area contributed by atoms with Gasteiger partial charge >= 0.3 is 0 Å². The quantitative estimate of drug-likeness (QED) is 0.757. The fraction of sp³-hybridized carbons (Fsp3) is 0.556. The molecule has 7 heteroatoms. The number of H-pyrrole nitrogens is 1. The van der Waals surface area contributed by atoms with Crippen LogP contribution >= 0.6 is 0 Å². The van der Waals surface area contributed by atoms with Crippen LogP contribution in [0.5, 0.6) is 0 Å². The van der Waals surface area contributed by atoms with Gasteiger partial charge in [0, 0.05) is 24.3 Å². The Kier molecular flexibility index (Phi) is 3.25. The maximum Gasteiger partial charge on any atom is 0.188 e. The molecule has 0 radical (unpaired) electrons. The van der Waals surface area contributed by atoms with E-state index in [0.717, 1.165) is 12.1 Å². The highest BCUT2D eigenvalue weighted by molar-refractivity contribution is 5.09. The number of hydrogen-bond acceptors (Lipinski definition) is 5. The molecule has 2 aromatic heterocycles. The predicted molar refractivity (Wildman–Crippen MR) is 57.3 cm³/mol. The fourth-order valence-corrected chi connectivity index (χ4v) is 1.40. The molecule has 0 saturated heterocycles. The van der Waals surface area contributed by atoms with Gasteiger partial charge in [-0.05, 0) is 13.8 Å². The van der Waals surface area contributed by atoms with Crippen LogP contribution in [-0.2, 0) is 13.1 Å². The molecule has 1 unspecified atom stereocenters. The molecular formula is C9H15N7. The average Bonchev–Trinajstić information content (AvgIpc) is 2.96. The van der Waals surface area contributed by atoms with Crippen LogP contribution in [0.15, 0.2) is 12.4 Å². The SMILES string of the molecule is CCn1cc(C(C)NCc2nn[nH]n2)cn1. The summed E-state index contributed by atoms with van der Waals surface area (Å²) >= 11 is 0. The van der Waals surface area contributed by atoms with Crippen LogP contribution in [0.3, 0.4) is 0 Å². The van der Waals surface area contributed by atoms with Crippen molar-refractivity contribution in [3.8, 4) is 0 Å². The van der Waals surface area contributed by atoms with Gasteiger partial charge < -0.3 is 5.32 Å². The summed E-state index contributed by atoms with van der Waals surface area (Å²) < 4.78 is 1.90. The van der Waals surface area contributed by atoms with Crippen molar-refractivity contribution < 1.29 is 0 Å². The molecule has 0 aliphatic carbocycles. The van der Waals surface area contributed by atoms with Crippen molar-refractivity contribution in [3.63, 3.8) is 0 Å². The van der Waals surface area contributed by atoms with Crippen molar-refractivity contribution >= 4 is 0 Å². The largest absolute Gasteiger partial charge is 0.303 e. The van der Waals surface area contributed by atoms with Gasteiger partial charge in [0.2, 0.25) is 0 Å². The lowest BCUT2D eigenvalue weighted by Crippen LogP contribution is -2.18. The lowest BCUT2D eigenvalue weighted by molar-refractivity contribution is 0.558. The van der Waals surface area contributed by atoms with E-state index in [2.05, 4.69) is 44.9 Å². The Hall–Kier alpha value is -1.76. The number of aromatic amines is 1. The van der Waals surface area contributed by atoms with E-state index in [4.69, 9.17) is 0 Å². The molecule has 86 valence electrons. The summed E-state index contributed by atoms with van der Waals surface area (Å²) in [5.74, 6) is 0.662. The molecule has 7 nitrogen and oxygen atoms in total. The van der Waals surface area contributed by atoms with Crippen molar-refractivity contribution in [3.05, 3.63) is 23.8 Å². The Balaban J connectivity index is 1.90. The zero-order valence-corrected chi connectivity index (χ0v) is 9.38. The van der Waals surface area contributed by atoms with Gasteiger partial charge in [-0.25, -0.2) is 0 Å². The normalized spacial score (nSPS) is 12.9. The van der Waals surface area contributed by atoms with Crippen LogP contribution in [0.2, 0.25) is 0 Å². The average molecular weight is 221 g/mol. The zero-order chi connectivity index (χ0) is 11.4. The van der Waals surface area contributed by atoms with Gasteiger partial charge in [-0.15, -0.1) is 10.2 Å². The molecule has 0 fully saturated rings. The minimum Gasteiger partial charge on any atom is -0.303 e. The molecule has 2 rings (SSSR count). The van der Waals surface area contributed by atoms with Crippen molar-refractivity contribution in [2.45, 2.75) is 33.0 Å². The summed E-state index contributed by atoms with van der Waals surface area (Å²) in [4.78, 5) is 0. The van der Waals surface area contributed by atoms with Crippen LogP contribution in [0.1, 0.15) is 31.3 Å². The van der Waals surface area contributed by atoms with E-state index < -0.39 is 0 Å². The van der Waals surface area contributed by atoms with Crippen LogP contribution in [0.25, 0.3) is 0 Å². The Morgan fingerprint density at radius 2 is 2.44 bits per heavy atom. The number of tetrazole rings is 1. The van der Waals surface area contributed by atoms with Crippen LogP contribution in [0, 0.1) is 0 Å². The highest BCUT2D eigenvalue weighted by Crippen LogP contribution is 2.10. The second-order valence-electron chi connectivity index (χ2n) is 3.56. The first-order chi connectivity index (χ1) is 7.79. The lowest BCUT2D eigenvalue weighted by atomic mass is 10.2. The van der Waals surface area contributed by atoms with Gasteiger partial charge in [0.25, 0.3) is 0 Å². The van der Waals surface area contributed by atoms with Crippen molar-refractivity contribution in [1.29, 1.82) is 0 Å². The third-order valence-corrected chi connectivity index (χ3v) is 2.43. The Labute approximate surface area is 93.2 Å². The van der Waals surface area contributed by atoms with Gasteiger partial charge in [-0.3, -0.25) is 4.68 Å². The van der Waals surface area contributed by atoms with Crippen molar-refractivity contribution in [2.75, 3.05) is 0 Å². The summed E-state index contributed by atoms with van der Waals surface area (Å²) in [7, 11) is 0. The second-order valence-corrected chi connectivity index (χ2v) is 3.56. The summed E-state index contributed by atoms with van der Waals surface area (Å²) in [5, 5.41) is 21.2. The molecule has 0 aliphatic heterocycles. The maximum atomic E-state index is 4.23. The minimum absolute atomic E-state index is 0.221. The third kappa shape index (κ3) is 2.43. The van der Waals surface area contributed by atoms with E-state index in [0.29, 0.717) is 12.4 Å². The molecule has 0 aliphatic rings. The number of aromatic nitrogens is 6. The number of nitrogens with zero attached hydrogens (tertiary/aromatic N) is 5. The smallest absolute Gasteiger partial charge is 0.188 e. The summed E-state index contributed by atoms with van der Waals surface area (Å²) in [5.41, 5.74) is 1.16. The second kappa shape index (κ2) is 4.84. The van der Waals surface area contributed by atoms with Crippen molar-refractivity contribution in [2.24, 2.45) is 0 Å². The Morgan fingerprint density at radius 1 is 1.56 bits per heavy atom. The number of hydrogen-bond donors (Lipinski definition) is 2. The number of nitrogens with one attached hydrogen (secondary N) is 2. The highest BCUT2D eigenvalue weighted by atomic mass is 15.5. The standard InChI is InChI=1S/C9H15N7/c1-3-16-6-8(4-11-16)7(2)10-5-9-12-14-15-13-9/h4,6-7,10H,3,5H2,1-2H3,(H,12,13,14,15). The first-order valence-electron chi connectivity index (χ1n) is 5.27. The maximum absolute atomic E-state index is 4.23. The van der Waals surface area contributed by atoms with Gasteiger partial charge in [-0.2, -0.15) is 10.3 Å². The van der Waals surface area contributed by atoms with E-state index in [9.17, 15) is 0 Å². The molecule has 0 bridgehead atoms. The van der Waals surface area contributed by atoms with Gasteiger partial charge in [-0.1, -0.05) is 5.21 Å². The van der Waals surface area contributed by atoms with E-state index in [1.807, 2.05) is 17.1 Å². The van der Waals surface area contributed by atoms with Crippen molar-refractivity contribution in [1.82, 2.24) is 35.7 Å². The van der Waals surface area contributed by atoms with Crippen LogP contribution in [0.4, 0.5) is 0 Å². The summed E-state index contributed by atoms with van der Waals surface area (Å²) in [6.07, 6.45) is 3.91. The molecule has 2 aromatic rings. The molecule has 16 heavy (non-hydrogen) atoms. The topological polar surface area (TPSA) is 84.3 Å². The molecule has 0 aromatic carbocycles. The molecule has 1 atom stereocenters. The Bertz CT molecular complexity index is 419. The minimum atomic E-state index is 0.221. The first kappa shape index (κ1) is 10.7. The Morgan fingerprint density at radius 3 is 3.06 bits per heavy atom. The van der Waals surface area contributed by atoms with Gasteiger partial charge in [0.15, 0.2) is 5.82 Å². The van der Waals surface area contributed by atoms with E-state index >= 15 is 0 Å². The lowest BCUT2D eigenvalue weighted by Gasteiger charge is -2.09. The third-order valence-electron chi connectivity index (χ3n) is 2.43. The molecule has 2 heterocycles. The molecule has 0 amide bonds. The monoisotopic (exact) mass is 221 g/mol. The summed E-state index contributed by atoms with van der Waals surface area (Å²) in [6, 6.07) is 0.221. The van der Waals surface area contributed by atoms with Crippen LogP contribution in [-0.4, -0.2) is 30.4 Å². The fourth-order valence-electron chi connectivity index (χ4n) is 1.40. The molecule has 0 spiro atoms. The van der Waals surface area contributed by atoms with Gasteiger partial charge in [0.05, 0.1) is 12.7 Å². The highest BCUT2D eigenvalue weighted by Gasteiger charge is 2.08. The summed E-state index contributed by atoms with van der Waals surface area (Å²) in [6.45, 7) is 5.62. The van der Waals surface area contributed by atoms with E-state index in [-0.39, 0.29) is 6.04 Å². The first-order valence-corrected chi connectivity index (χ1v) is 5.27. The van der Waals surface area contributed by atoms with Crippen LogP contribution < -0.4 is 5.32 Å².